The molecule has 0 saturated heterocycles. The van der Waals surface area contributed by atoms with Gasteiger partial charge >= 0.3 is 58.4 Å². The third-order valence-corrected chi connectivity index (χ3v) is 2.04. The predicted molar refractivity (Wildman–Crippen MR) is 50.5 cm³/mol. The zero-order chi connectivity index (χ0) is 10.2. The average molecular weight is 235 g/mol. The van der Waals surface area contributed by atoms with Gasteiger partial charge in [0.25, 0.3) is 0 Å². The van der Waals surface area contributed by atoms with E-state index >= 15 is 0 Å². The summed E-state index contributed by atoms with van der Waals surface area (Å²) in [5.41, 5.74) is -0.578. The number of aromatic nitrogens is 1. The molecule has 0 aliphatic carbocycles. The maximum Gasteiger partial charge on any atom is 1.00 e. The molecule has 0 radical (unpaired) electrons. The van der Waals surface area contributed by atoms with E-state index in [2.05, 4.69) is 4.98 Å². The molecule has 72 valence electrons. The fourth-order valence-electron chi connectivity index (χ4n) is 1.31. The molecule has 2 aromatic rings. The molecule has 0 aliphatic rings. The molecule has 0 N–H and O–H groups in total. The smallest absolute Gasteiger partial charge is 0.445 e. The topological polar surface area (TPSA) is 12.9 Å². The van der Waals surface area contributed by atoms with Crippen LogP contribution in [0.25, 0.3) is 10.8 Å². The van der Waals surface area contributed by atoms with Gasteiger partial charge in [-0.1, -0.05) is 18.2 Å². The summed E-state index contributed by atoms with van der Waals surface area (Å²) < 4.78 is 37.1. The van der Waals surface area contributed by atoms with Gasteiger partial charge in [0, 0.05) is 12.4 Å². The van der Waals surface area contributed by atoms with E-state index in [1.54, 1.807) is 12.3 Å². The maximum atomic E-state index is 12.4. The van der Waals surface area contributed by atoms with Crippen LogP contribution in [0.2, 0.25) is 0 Å². The molecule has 0 aliphatic heterocycles. The van der Waals surface area contributed by atoms with E-state index in [0.717, 1.165) is 17.5 Å². The summed E-state index contributed by atoms with van der Waals surface area (Å²) in [6, 6.07) is 5.37. The molecule has 1 nitrogen and oxygen atoms in total. The largest absolute Gasteiger partial charge is 1.00 e. The second kappa shape index (κ2) is 4.97. The fraction of sp³-hybridized carbons (Fsp3) is 0. The summed E-state index contributed by atoms with van der Waals surface area (Å²) in [6.07, 6.45) is 2.99. The molecule has 0 bridgehead atoms. The van der Waals surface area contributed by atoms with Crippen molar-refractivity contribution in [3.05, 3.63) is 36.7 Å². The quantitative estimate of drug-likeness (QED) is 0.595. The minimum atomic E-state index is -4.91. The van der Waals surface area contributed by atoms with Gasteiger partial charge in [-0.25, -0.2) is 0 Å². The van der Waals surface area contributed by atoms with Crippen LogP contribution in [-0.2, 0) is 0 Å². The normalized spacial score (nSPS) is 11.1. The molecule has 2 rings (SSSR count). The van der Waals surface area contributed by atoms with Crippen molar-refractivity contribution in [2.75, 3.05) is 0 Å². The van der Waals surface area contributed by atoms with Crippen molar-refractivity contribution in [2.24, 2.45) is 0 Å². The first kappa shape index (κ1) is 13.2. The Morgan fingerprint density at radius 3 is 2.40 bits per heavy atom. The Balaban J connectivity index is 0.00000112. The third kappa shape index (κ3) is 3.04. The molecular weight excluding hydrogens is 229 g/mol. The zero-order valence-electron chi connectivity index (χ0n) is 8.12. The van der Waals surface area contributed by atoms with Crippen molar-refractivity contribution in [1.29, 1.82) is 0 Å². The number of fused-ring (bicyclic) bond motifs is 1. The molecule has 0 amide bonds. The number of pyridine rings is 1. The summed E-state index contributed by atoms with van der Waals surface area (Å²) >= 11 is 0. The minimum absolute atomic E-state index is 0. The van der Waals surface area contributed by atoms with Gasteiger partial charge in [-0.15, -0.1) is 5.46 Å². The van der Waals surface area contributed by atoms with Crippen molar-refractivity contribution in [3.63, 3.8) is 0 Å². The van der Waals surface area contributed by atoms with Gasteiger partial charge in [-0.05, 0) is 16.8 Å². The van der Waals surface area contributed by atoms with Crippen molar-refractivity contribution in [2.45, 2.75) is 0 Å². The van der Waals surface area contributed by atoms with Crippen molar-refractivity contribution < 1.29 is 64.3 Å². The second-order valence-electron chi connectivity index (χ2n) is 3.06. The molecule has 0 fully saturated rings. The van der Waals surface area contributed by atoms with Crippen LogP contribution in [0.3, 0.4) is 0 Å². The first-order chi connectivity index (χ1) is 6.57. The Morgan fingerprint density at radius 2 is 1.73 bits per heavy atom. The summed E-state index contributed by atoms with van der Waals surface area (Å²) in [4.78, 5) is 3.78. The number of hydrogen-bond donors (Lipinski definition) is 0. The fourth-order valence-corrected chi connectivity index (χ4v) is 1.31. The predicted octanol–water partition coefficient (Wildman–Crippen LogP) is -0.707. The van der Waals surface area contributed by atoms with E-state index < -0.39 is 12.4 Å². The standard InChI is InChI=1S/C9H6BF3N.K/c11-10(12,13)9-2-1-7-3-4-14-6-8(7)5-9;/h1-6H;/q-1;+1. The Hall–Kier alpha value is 0.121. The van der Waals surface area contributed by atoms with Gasteiger partial charge in [0.05, 0.1) is 0 Å². The van der Waals surface area contributed by atoms with Gasteiger partial charge in [0.15, 0.2) is 0 Å². The molecule has 1 heterocycles. The van der Waals surface area contributed by atoms with Crippen molar-refractivity contribution in [1.82, 2.24) is 4.98 Å². The third-order valence-electron chi connectivity index (χ3n) is 2.04. The maximum absolute atomic E-state index is 12.4. The summed E-state index contributed by atoms with van der Waals surface area (Å²) in [6.45, 7) is -4.91. The number of hydrogen-bond acceptors (Lipinski definition) is 1. The van der Waals surface area contributed by atoms with Gasteiger partial charge in [-0.3, -0.25) is 4.98 Å². The minimum Gasteiger partial charge on any atom is -0.445 e. The Kier molecular flexibility index (Phi) is 4.37. The van der Waals surface area contributed by atoms with E-state index in [1.165, 1.54) is 12.3 Å². The van der Waals surface area contributed by atoms with Gasteiger partial charge < -0.3 is 12.9 Å². The second-order valence-corrected chi connectivity index (χ2v) is 3.06. The van der Waals surface area contributed by atoms with Crippen LogP contribution in [-0.4, -0.2) is 12.0 Å². The molecule has 0 unspecified atom stereocenters. The van der Waals surface area contributed by atoms with Gasteiger partial charge in [-0.2, -0.15) is 0 Å². The van der Waals surface area contributed by atoms with E-state index in [4.69, 9.17) is 0 Å². The number of benzene rings is 1. The van der Waals surface area contributed by atoms with E-state index in [0.29, 0.717) is 5.39 Å². The number of rotatable bonds is 1. The Labute approximate surface area is 128 Å². The molecule has 1 aromatic heterocycles. The molecule has 0 spiro atoms. The van der Waals surface area contributed by atoms with E-state index in [1.807, 2.05) is 0 Å². The molecule has 1 aromatic carbocycles. The van der Waals surface area contributed by atoms with Crippen molar-refractivity contribution >= 4 is 23.2 Å². The number of nitrogens with zero attached hydrogens (tertiary/aromatic N) is 1. The van der Waals surface area contributed by atoms with Crippen LogP contribution in [0.5, 0.6) is 0 Å². The van der Waals surface area contributed by atoms with Gasteiger partial charge in [0.2, 0.25) is 0 Å². The van der Waals surface area contributed by atoms with Crippen LogP contribution >= 0.6 is 0 Å². The first-order valence-electron chi connectivity index (χ1n) is 4.11. The molecule has 0 saturated carbocycles. The van der Waals surface area contributed by atoms with Crippen LogP contribution in [0.1, 0.15) is 0 Å². The number of halogens is 3. The molecule has 15 heavy (non-hydrogen) atoms. The molecule has 0 atom stereocenters. The monoisotopic (exact) mass is 235 g/mol. The van der Waals surface area contributed by atoms with Crippen LogP contribution < -0.4 is 56.8 Å². The molecule has 6 heteroatoms. The average Bonchev–Trinajstić information content (AvgIpc) is 2.16. The first-order valence-corrected chi connectivity index (χ1v) is 4.11. The van der Waals surface area contributed by atoms with Crippen LogP contribution in [0.15, 0.2) is 36.7 Å². The van der Waals surface area contributed by atoms with E-state index in [9.17, 15) is 12.9 Å². The zero-order valence-corrected chi connectivity index (χ0v) is 11.2. The Morgan fingerprint density at radius 1 is 1.00 bits per heavy atom. The summed E-state index contributed by atoms with van der Waals surface area (Å²) in [7, 11) is 0. The SMILES string of the molecule is F[B-](F)(F)c1ccc2ccncc2c1.[K+]. The van der Waals surface area contributed by atoms with Crippen LogP contribution in [0.4, 0.5) is 12.9 Å². The Bertz CT molecular complexity index is 472. The van der Waals surface area contributed by atoms with Gasteiger partial charge in [0.1, 0.15) is 0 Å². The summed E-state index contributed by atoms with van der Waals surface area (Å²) in [5, 5.41) is 1.29. The van der Waals surface area contributed by atoms with Crippen LogP contribution in [0, 0.1) is 0 Å². The molecular formula is C9H6BF3KN. The summed E-state index contributed by atoms with van der Waals surface area (Å²) in [5.74, 6) is 0. The van der Waals surface area contributed by atoms with E-state index in [-0.39, 0.29) is 51.4 Å². The van der Waals surface area contributed by atoms with Crippen molar-refractivity contribution in [3.8, 4) is 0 Å².